The third-order valence-corrected chi connectivity index (χ3v) is 5.84. The fourth-order valence-corrected chi connectivity index (χ4v) is 4.24. The first-order chi connectivity index (χ1) is 15.4. The third-order valence-electron chi connectivity index (χ3n) is 5.84. The number of nitrogens with zero attached hydrogens (tertiary/aromatic N) is 4. The fraction of sp³-hybridized carbons (Fsp3) is 0.318. The van der Waals surface area contributed by atoms with Crippen molar-refractivity contribution < 1.29 is 13.7 Å². The number of benzene rings is 1. The topological polar surface area (TPSA) is 127 Å². The largest absolute Gasteiger partial charge is 0.444 e. The summed E-state index contributed by atoms with van der Waals surface area (Å²) in [7, 11) is 0. The van der Waals surface area contributed by atoms with Gasteiger partial charge in [-0.05, 0) is 31.9 Å². The molecule has 10 nitrogen and oxygen atoms in total. The summed E-state index contributed by atoms with van der Waals surface area (Å²) in [5.41, 5.74) is -0.621. The van der Waals surface area contributed by atoms with Gasteiger partial charge in [0.1, 0.15) is 11.1 Å². The molecule has 1 amide bonds. The summed E-state index contributed by atoms with van der Waals surface area (Å²) in [5, 5.41) is 4.07. The van der Waals surface area contributed by atoms with Crippen LogP contribution >= 0.6 is 0 Å². The van der Waals surface area contributed by atoms with E-state index < -0.39 is 11.2 Å². The molecule has 32 heavy (non-hydrogen) atoms. The second-order valence-corrected chi connectivity index (χ2v) is 7.88. The zero-order chi connectivity index (χ0) is 22.4. The highest BCUT2D eigenvalue weighted by Gasteiger charge is 2.31. The summed E-state index contributed by atoms with van der Waals surface area (Å²) in [6.45, 7) is 4.33. The van der Waals surface area contributed by atoms with Gasteiger partial charge in [0.25, 0.3) is 11.5 Å². The molecule has 5 rings (SSSR count). The van der Waals surface area contributed by atoms with Crippen molar-refractivity contribution in [2.45, 2.75) is 32.6 Å². The number of H-pyrrole nitrogens is 1. The second-order valence-electron chi connectivity index (χ2n) is 7.88. The van der Waals surface area contributed by atoms with Gasteiger partial charge in [-0.1, -0.05) is 23.4 Å². The van der Waals surface area contributed by atoms with Gasteiger partial charge in [-0.3, -0.25) is 14.6 Å². The molecular weight excluding hydrogens is 414 g/mol. The van der Waals surface area contributed by atoms with E-state index in [1.165, 1.54) is 0 Å². The number of carbonyl (C=O) groups excluding carboxylic acids is 1. The molecule has 10 heteroatoms. The van der Waals surface area contributed by atoms with Crippen LogP contribution in [0.25, 0.3) is 16.8 Å². The molecule has 0 spiro atoms. The first-order valence-corrected chi connectivity index (χ1v) is 10.4. The molecule has 0 saturated carbocycles. The fourth-order valence-electron chi connectivity index (χ4n) is 4.24. The number of hydrogen-bond acceptors (Lipinski definition) is 7. The van der Waals surface area contributed by atoms with Crippen LogP contribution in [0, 0.1) is 13.8 Å². The van der Waals surface area contributed by atoms with Crippen LogP contribution in [-0.4, -0.2) is 43.6 Å². The standard InChI is InChI=1S/C22H21N5O5/c1-12-16(20(28)26-10-8-14(9-11-26)18-23-13(2)32-25-18)17-19(31-12)24-22(30)27(21(17)29)15-6-4-3-5-7-15/h3-7,14H,8-11H2,1-2H3,(H,24,30). The number of carbonyl (C=O) groups is 1. The van der Waals surface area contributed by atoms with Crippen LogP contribution in [0.3, 0.4) is 0 Å². The van der Waals surface area contributed by atoms with Crippen LogP contribution in [-0.2, 0) is 0 Å². The monoisotopic (exact) mass is 435 g/mol. The molecule has 3 aromatic heterocycles. The van der Waals surface area contributed by atoms with E-state index in [9.17, 15) is 14.4 Å². The number of furan rings is 1. The van der Waals surface area contributed by atoms with Gasteiger partial charge < -0.3 is 13.8 Å². The Balaban J connectivity index is 1.50. The lowest BCUT2D eigenvalue weighted by Gasteiger charge is -2.30. The molecular formula is C22H21N5O5. The summed E-state index contributed by atoms with van der Waals surface area (Å²) in [6, 6.07) is 8.56. The van der Waals surface area contributed by atoms with Crippen molar-refractivity contribution in [1.82, 2.24) is 24.6 Å². The number of fused-ring (bicyclic) bond motifs is 1. The molecule has 1 saturated heterocycles. The normalized spacial score (nSPS) is 14.9. The van der Waals surface area contributed by atoms with Crippen molar-refractivity contribution in [1.29, 1.82) is 0 Å². The van der Waals surface area contributed by atoms with Crippen LogP contribution in [0.4, 0.5) is 0 Å². The Morgan fingerprint density at radius 1 is 1.12 bits per heavy atom. The van der Waals surface area contributed by atoms with E-state index >= 15 is 0 Å². The lowest BCUT2D eigenvalue weighted by molar-refractivity contribution is 0.0710. The van der Waals surface area contributed by atoms with Crippen LogP contribution in [0.1, 0.15) is 46.6 Å². The lowest BCUT2D eigenvalue weighted by Crippen LogP contribution is -2.39. The van der Waals surface area contributed by atoms with E-state index in [-0.39, 0.29) is 28.5 Å². The van der Waals surface area contributed by atoms with Crippen molar-refractivity contribution in [2.24, 2.45) is 0 Å². The number of nitrogens with one attached hydrogen (secondary N) is 1. The summed E-state index contributed by atoms with van der Waals surface area (Å²) in [4.78, 5) is 47.8. The highest BCUT2D eigenvalue weighted by Crippen LogP contribution is 2.29. The summed E-state index contributed by atoms with van der Waals surface area (Å²) in [6.07, 6.45) is 1.37. The van der Waals surface area contributed by atoms with Gasteiger partial charge in [0.15, 0.2) is 5.82 Å². The molecule has 1 aliphatic rings. The first-order valence-electron chi connectivity index (χ1n) is 10.4. The molecule has 1 N–H and O–H groups in total. The van der Waals surface area contributed by atoms with Gasteiger partial charge in [0, 0.05) is 25.9 Å². The Morgan fingerprint density at radius 2 is 1.84 bits per heavy atom. The molecule has 0 bridgehead atoms. The Labute approximate surface area is 181 Å². The minimum absolute atomic E-state index is 0.00481. The average molecular weight is 435 g/mol. The minimum Gasteiger partial charge on any atom is -0.444 e. The van der Waals surface area contributed by atoms with E-state index in [1.54, 1.807) is 49.1 Å². The molecule has 0 unspecified atom stereocenters. The maximum atomic E-state index is 13.4. The van der Waals surface area contributed by atoms with E-state index in [2.05, 4.69) is 15.1 Å². The third kappa shape index (κ3) is 3.24. The van der Waals surface area contributed by atoms with Crippen molar-refractivity contribution in [3.8, 4) is 5.69 Å². The predicted octanol–water partition coefficient (Wildman–Crippen LogP) is 2.29. The van der Waals surface area contributed by atoms with Gasteiger partial charge in [-0.25, -0.2) is 9.36 Å². The predicted molar refractivity (Wildman–Crippen MR) is 114 cm³/mol. The van der Waals surface area contributed by atoms with E-state index in [0.717, 1.165) is 4.57 Å². The van der Waals surface area contributed by atoms with Gasteiger partial charge in [0.05, 0.1) is 11.3 Å². The molecule has 0 aliphatic carbocycles. The number of piperidine rings is 1. The van der Waals surface area contributed by atoms with Crippen LogP contribution in [0.5, 0.6) is 0 Å². The summed E-state index contributed by atoms with van der Waals surface area (Å²) >= 11 is 0. The van der Waals surface area contributed by atoms with Gasteiger partial charge >= 0.3 is 5.69 Å². The minimum atomic E-state index is -0.627. The molecule has 4 heterocycles. The summed E-state index contributed by atoms with van der Waals surface area (Å²) in [5.74, 6) is 1.28. The number of hydrogen-bond donors (Lipinski definition) is 1. The zero-order valence-electron chi connectivity index (χ0n) is 17.6. The number of aromatic amines is 1. The zero-order valence-corrected chi connectivity index (χ0v) is 17.6. The Morgan fingerprint density at radius 3 is 2.50 bits per heavy atom. The van der Waals surface area contributed by atoms with Gasteiger partial charge in [-0.2, -0.15) is 4.98 Å². The SMILES string of the molecule is Cc1nc(C2CCN(C(=O)c3c(C)oc4[nH]c(=O)n(-c5ccccc5)c(=O)c34)CC2)no1. The van der Waals surface area contributed by atoms with Crippen molar-refractivity contribution in [3.05, 3.63) is 74.2 Å². The molecule has 1 aliphatic heterocycles. The van der Waals surface area contributed by atoms with Gasteiger partial charge in [0.2, 0.25) is 11.6 Å². The molecule has 1 aromatic carbocycles. The van der Waals surface area contributed by atoms with Crippen LogP contribution in [0.15, 0.2) is 48.9 Å². The number of likely N-dealkylation sites (tertiary alicyclic amines) is 1. The summed E-state index contributed by atoms with van der Waals surface area (Å²) < 4.78 is 11.7. The number of para-hydroxylation sites is 1. The lowest BCUT2D eigenvalue weighted by atomic mass is 9.95. The molecule has 164 valence electrons. The van der Waals surface area contributed by atoms with Gasteiger partial charge in [-0.15, -0.1) is 0 Å². The molecule has 4 aromatic rings. The van der Waals surface area contributed by atoms with E-state index in [1.807, 2.05) is 0 Å². The Hall–Kier alpha value is -3.95. The highest BCUT2D eigenvalue weighted by molar-refractivity contribution is 6.06. The van der Waals surface area contributed by atoms with Crippen molar-refractivity contribution in [3.63, 3.8) is 0 Å². The first kappa shape index (κ1) is 20.0. The number of aromatic nitrogens is 4. The second kappa shape index (κ2) is 7.63. The highest BCUT2D eigenvalue weighted by atomic mass is 16.5. The Kier molecular flexibility index (Phi) is 4.76. The Bertz CT molecular complexity index is 1420. The van der Waals surface area contributed by atoms with Crippen molar-refractivity contribution in [2.75, 3.05) is 13.1 Å². The van der Waals surface area contributed by atoms with E-state index in [0.29, 0.717) is 49.1 Å². The maximum Gasteiger partial charge on any atom is 0.335 e. The quantitative estimate of drug-likeness (QED) is 0.523. The van der Waals surface area contributed by atoms with Crippen LogP contribution < -0.4 is 11.2 Å². The average Bonchev–Trinajstić information content (AvgIpc) is 3.37. The number of amides is 1. The number of rotatable bonds is 3. The molecule has 1 fully saturated rings. The van der Waals surface area contributed by atoms with Crippen molar-refractivity contribution >= 4 is 17.0 Å². The van der Waals surface area contributed by atoms with E-state index in [4.69, 9.17) is 8.94 Å². The smallest absolute Gasteiger partial charge is 0.335 e. The maximum absolute atomic E-state index is 13.4. The van der Waals surface area contributed by atoms with Crippen LogP contribution in [0.2, 0.25) is 0 Å². The number of aryl methyl sites for hydroxylation is 2. The molecule has 0 atom stereocenters. The molecule has 0 radical (unpaired) electrons.